The molecule has 158 valence electrons. The fraction of sp³-hybridized carbons (Fsp3) is 0.500. The van der Waals surface area contributed by atoms with Gasteiger partial charge in [-0.25, -0.2) is 0 Å². The second-order valence-electron chi connectivity index (χ2n) is 8.90. The normalized spacial score (nSPS) is 44.9. The molecule has 0 aliphatic carbocycles. The van der Waals surface area contributed by atoms with Crippen LogP contribution >= 0.6 is 15.8 Å². The number of ether oxygens (including phenoxy) is 4. The molecule has 0 saturated carbocycles. The van der Waals surface area contributed by atoms with E-state index in [0.717, 1.165) is 23.5 Å². The summed E-state index contributed by atoms with van der Waals surface area (Å²) >= 11 is 0. The van der Waals surface area contributed by atoms with Gasteiger partial charge in [-0.3, -0.25) is 0 Å². The molecule has 0 aromatic heterocycles. The van der Waals surface area contributed by atoms with Crippen molar-refractivity contribution in [3.63, 3.8) is 0 Å². The van der Waals surface area contributed by atoms with E-state index in [1.807, 2.05) is 12.1 Å². The lowest BCUT2D eigenvalue weighted by molar-refractivity contribution is -0.0753. The molecule has 4 fully saturated rings. The van der Waals surface area contributed by atoms with Gasteiger partial charge in [0.1, 0.15) is 0 Å². The van der Waals surface area contributed by atoms with Crippen LogP contribution in [-0.4, -0.2) is 61.4 Å². The lowest BCUT2D eigenvalue weighted by Crippen LogP contribution is -2.41. The molecule has 2 aromatic carbocycles. The van der Waals surface area contributed by atoms with E-state index in [1.54, 1.807) is 0 Å². The van der Waals surface area contributed by atoms with Gasteiger partial charge in [-0.15, -0.1) is 15.8 Å². The van der Waals surface area contributed by atoms with E-state index >= 15 is 0 Å². The molecule has 0 amide bonds. The molecular weight excluding hydrogens is 414 g/mol. The van der Waals surface area contributed by atoms with Crippen LogP contribution in [0.25, 0.3) is 0 Å². The standard InChI is InChI=1S/C24H28O4P2/c1-29-13-17-19(27-23(25-17)15-9-5-3-6-10-15)21(29)22-20-18(14-30(22)2)26-24(28-20)16-11-7-4-8-12-16/h3-12,17-24H,13-14H2,1-2H3/t17-,18-,19+,20+,21-,22?,23?,24?,29?,30?/m1/s1. The molecule has 30 heavy (non-hydrogen) atoms. The van der Waals surface area contributed by atoms with E-state index in [9.17, 15) is 0 Å². The first-order valence-corrected chi connectivity index (χ1v) is 14.9. The Bertz CT molecular complexity index is 808. The molecule has 0 radical (unpaired) electrons. The van der Waals surface area contributed by atoms with Gasteiger partial charge in [-0.05, 0) is 25.7 Å². The van der Waals surface area contributed by atoms with Crippen molar-refractivity contribution >= 4 is 15.8 Å². The highest BCUT2D eigenvalue weighted by atomic mass is 31.1. The van der Waals surface area contributed by atoms with E-state index < -0.39 is 0 Å². The molecule has 10 atom stereocenters. The molecule has 4 heterocycles. The molecule has 6 rings (SSSR count). The van der Waals surface area contributed by atoms with Crippen LogP contribution in [-0.2, 0) is 18.9 Å². The Morgan fingerprint density at radius 3 is 1.40 bits per heavy atom. The van der Waals surface area contributed by atoms with Gasteiger partial charge in [-0.1, -0.05) is 60.7 Å². The average Bonchev–Trinajstić information content (AvgIpc) is 3.49. The van der Waals surface area contributed by atoms with Crippen LogP contribution in [0.15, 0.2) is 60.7 Å². The fourth-order valence-electron chi connectivity index (χ4n) is 5.65. The molecule has 5 unspecified atom stereocenters. The molecule has 0 spiro atoms. The Morgan fingerprint density at radius 1 is 0.600 bits per heavy atom. The van der Waals surface area contributed by atoms with Gasteiger partial charge in [0.2, 0.25) is 0 Å². The minimum absolute atomic E-state index is 0.149. The van der Waals surface area contributed by atoms with E-state index in [-0.39, 0.29) is 52.8 Å². The van der Waals surface area contributed by atoms with E-state index in [2.05, 4.69) is 61.9 Å². The summed E-state index contributed by atoms with van der Waals surface area (Å²) in [7, 11) is -0.298. The largest absolute Gasteiger partial charge is 0.342 e. The summed E-state index contributed by atoms with van der Waals surface area (Å²) in [4.78, 5) is 0. The Morgan fingerprint density at radius 2 is 1.00 bits per heavy atom. The van der Waals surface area contributed by atoms with Crippen LogP contribution in [0.3, 0.4) is 0 Å². The summed E-state index contributed by atoms with van der Waals surface area (Å²) in [5.41, 5.74) is 3.31. The van der Waals surface area contributed by atoms with Gasteiger partial charge in [0.25, 0.3) is 0 Å². The molecule has 0 bridgehead atoms. The Kier molecular flexibility index (Phi) is 5.23. The first kappa shape index (κ1) is 19.8. The monoisotopic (exact) mass is 442 g/mol. The van der Waals surface area contributed by atoms with Gasteiger partial charge >= 0.3 is 0 Å². The first-order chi connectivity index (χ1) is 14.7. The zero-order valence-corrected chi connectivity index (χ0v) is 19.1. The van der Waals surface area contributed by atoms with Gasteiger partial charge in [0.05, 0.1) is 24.4 Å². The summed E-state index contributed by atoms with van der Waals surface area (Å²) < 4.78 is 26.0. The molecule has 4 saturated heterocycles. The van der Waals surface area contributed by atoms with Crippen molar-refractivity contribution in [1.82, 2.24) is 0 Å². The smallest absolute Gasteiger partial charge is 0.184 e. The SMILES string of the molecule is CP1C[C@H]2OC(c3ccccc3)O[C@@H]2C1[C@H]1[C@H]2OC(c3ccccc3)O[C@@H]2CP1C. The Hall–Kier alpha value is -0.860. The van der Waals surface area contributed by atoms with Crippen molar-refractivity contribution in [1.29, 1.82) is 0 Å². The minimum Gasteiger partial charge on any atom is -0.342 e. The number of benzene rings is 2. The van der Waals surface area contributed by atoms with Crippen LogP contribution in [0.2, 0.25) is 0 Å². The molecule has 4 aliphatic rings. The molecule has 0 N–H and O–H groups in total. The molecule has 2 aromatic rings. The lowest BCUT2D eigenvalue weighted by atomic mass is 10.0. The maximum atomic E-state index is 6.58. The molecule has 4 nitrogen and oxygen atoms in total. The third kappa shape index (κ3) is 3.28. The van der Waals surface area contributed by atoms with Gasteiger partial charge in [-0.2, -0.15) is 0 Å². The number of rotatable bonds is 3. The summed E-state index contributed by atoms with van der Waals surface area (Å²) in [5.74, 6) is 0. The topological polar surface area (TPSA) is 36.9 Å². The van der Waals surface area contributed by atoms with Crippen LogP contribution < -0.4 is 0 Å². The van der Waals surface area contributed by atoms with Crippen molar-refractivity contribution in [2.45, 2.75) is 48.3 Å². The minimum atomic E-state index is -0.231. The Labute approximate surface area is 180 Å². The third-order valence-corrected chi connectivity index (χ3v) is 12.4. The summed E-state index contributed by atoms with van der Waals surface area (Å²) in [6.07, 6.45) is 2.59. The molecule has 6 heteroatoms. The quantitative estimate of drug-likeness (QED) is 0.631. The highest BCUT2D eigenvalue weighted by molar-refractivity contribution is 7.62. The Balaban J connectivity index is 1.23. The van der Waals surface area contributed by atoms with Crippen molar-refractivity contribution in [3.05, 3.63) is 71.8 Å². The zero-order valence-electron chi connectivity index (χ0n) is 17.3. The van der Waals surface area contributed by atoms with Gasteiger partial charge in [0, 0.05) is 22.4 Å². The number of hydrogen-bond donors (Lipinski definition) is 0. The predicted octanol–water partition coefficient (Wildman–Crippen LogP) is 4.94. The summed E-state index contributed by atoms with van der Waals surface area (Å²) in [5, 5.41) is 0. The predicted molar refractivity (Wildman–Crippen MR) is 121 cm³/mol. The maximum Gasteiger partial charge on any atom is 0.184 e. The van der Waals surface area contributed by atoms with E-state index in [0.29, 0.717) is 11.3 Å². The number of fused-ring (bicyclic) bond motifs is 2. The van der Waals surface area contributed by atoms with Crippen molar-refractivity contribution in [2.24, 2.45) is 0 Å². The maximum absolute atomic E-state index is 6.58. The van der Waals surface area contributed by atoms with Crippen molar-refractivity contribution in [2.75, 3.05) is 25.7 Å². The highest BCUT2D eigenvalue weighted by Gasteiger charge is 2.59. The van der Waals surface area contributed by atoms with Crippen molar-refractivity contribution in [3.8, 4) is 0 Å². The van der Waals surface area contributed by atoms with E-state index in [1.165, 1.54) is 0 Å². The number of hydrogen-bond acceptors (Lipinski definition) is 4. The highest BCUT2D eigenvalue weighted by Crippen LogP contribution is 2.65. The molecule has 4 aliphatic heterocycles. The summed E-state index contributed by atoms with van der Waals surface area (Å²) in [6.45, 7) is 4.87. The van der Waals surface area contributed by atoms with E-state index in [4.69, 9.17) is 18.9 Å². The summed E-state index contributed by atoms with van der Waals surface area (Å²) in [6, 6.07) is 20.7. The van der Waals surface area contributed by atoms with Crippen LogP contribution in [0.1, 0.15) is 23.7 Å². The van der Waals surface area contributed by atoms with Gasteiger partial charge < -0.3 is 18.9 Å². The van der Waals surface area contributed by atoms with Crippen molar-refractivity contribution < 1.29 is 18.9 Å². The third-order valence-electron chi connectivity index (χ3n) is 7.01. The molecular formula is C24H28O4P2. The van der Waals surface area contributed by atoms with Crippen LogP contribution in [0.5, 0.6) is 0 Å². The second kappa shape index (κ2) is 7.93. The fourth-order valence-corrected chi connectivity index (χ4v) is 12.1. The van der Waals surface area contributed by atoms with Crippen LogP contribution in [0.4, 0.5) is 0 Å². The zero-order chi connectivity index (χ0) is 20.2. The lowest BCUT2D eigenvalue weighted by Gasteiger charge is -2.34. The first-order valence-electron chi connectivity index (χ1n) is 10.8. The van der Waals surface area contributed by atoms with Crippen LogP contribution in [0, 0.1) is 0 Å². The average molecular weight is 442 g/mol. The second-order valence-corrected chi connectivity index (χ2v) is 13.8. The van der Waals surface area contributed by atoms with Gasteiger partial charge in [0.15, 0.2) is 12.6 Å².